The molecule has 2 aromatic carbocycles. The molecule has 1 heterocycles. The molecule has 32 heavy (non-hydrogen) atoms. The number of benzene rings is 2. The quantitative estimate of drug-likeness (QED) is 0.428. The van der Waals surface area contributed by atoms with E-state index in [4.69, 9.17) is 21.6 Å². The van der Waals surface area contributed by atoms with Crippen LogP contribution < -0.4 is 5.32 Å². The van der Waals surface area contributed by atoms with E-state index in [9.17, 15) is 9.59 Å². The van der Waals surface area contributed by atoms with Crippen LogP contribution in [0.5, 0.6) is 0 Å². The Bertz CT molecular complexity index is 1200. The Kier molecular flexibility index (Phi) is 7.42. The van der Waals surface area contributed by atoms with Crippen LogP contribution in [0.2, 0.25) is 5.15 Å². The van der Waals surface area contributed by atoms with Crippen LogP contribution >= 0.6 is 11.6 Å². The van der Waals surface area contributed by atoms with E-state index in [1.165, 1.54) is 25.1 Å². The number of halogens is 1. The summed E-state index contributed by atoms with van der Waals surface area (Å²) in [5.74, 6) is -1.20. The van der Waals surface area contributed by atoms with Crippen molar-refractivity contribution in [2.24, 2.45) is 0 Å². The summed E-state index contributed by atoms with van der Waals surface area (Å²) < 4.78 is 6.83. The molecule has 1 amide bonds. The molecule has 8 heteroatoms. The Morgan fingerprint density at radius 1 is 1.25 bits per heavy atom. The van der Waals surface area contributed by atoms with E-state index in [1.54, 1.807) is 29.8 Å². The zero-order valence-corrected chi connectivity index (χ0v) is 18.3. The van der Waals surface area contributed by atoms with E-state index in [-0.39, 0.29) is 0 Å². The number of nitriles is 1. The van der Waals surface area contributed by atoms with Crippen LogP contribution in [0.25, 0.3) is 6.08 Å². The predicted octanol–water partition coefficient (Wildman–Crippen LogP) is 4.35. The molecule has 0 spiro atoms. The zero-order valence-electron chi connectivity index (χ0n) is 17.6. The minimum atomic E-state index is -1.03. The largest absolute Gasteiger partial charge is 0.449 e. The van der Waals surface area contributed by atoms with Gasteiger partial charge in [-0.25, -0.2) is 9.48 Å². The molecule has 1 atom stereocenters. The van der Waals surface area contributed by atoms with Crippen molar-refractivity contribution in [2.45, 2.75) is 26.5 Å². The van der Waals surface area contributed by atoms with Crippen LogP contribution in [0, 0.1) is 18.3 Å². The van der Waals surface area contributed by atoms with Gasteiger partial charge >= 0.3 is 5.97 Å². The number of rotatable bonds is 7. The molecule has 3 aromatic rings. The van der Waals surface area contributed by atoms with Crippen molar-refractivity contribution in [3.8, 4) is 6.07 Å². The molecule has 0 saturated carbocycles. The first-order valence-electron chi connectivity index (χ1n) is 9.84. The third kappa shape index (κ3) is 5.84. The number of aromatic nitrogens is 2. The number of nitrogens with one attached hydrogen (secondary N) is 1. The number of aryl methyl sites for hydroxylation is 1. The van der Waals surface area contributed by atoms with Crippen molar-refractivity contribution in [1.82, 2.24) is 9.78 Å². The van der Waals surface area contributed by atoms with Gasteiger partial charge in [0.25, 0.3) is 5.91 Å². The second-order valence-electron chi connectivity index (χ2n) is 7.03. The first-order chi connectivity index (χ1) is 15.4. The monoisotopic (exact) mass is 448 g/mol. The van der Waals surface area contributed by atoms with Crippen LogP contribution in [0.1, 0.15) is 29.3 Å². The number of ether oxygens (including phenoxy) is 1. The number of carbonyl (C=O) groups excluding carboxylic acids is 2. The molecular formula is C24H21ClN4O3. The Labute approximate surface area is 190 Å². The first kappa shape index (κ1) is 22.8. The van der Waals surface area contributed by atoms with Gasteiger partial charge in [0.2, 0.25) is 0 Å². The molecule has 162 valence electrons. The highest BCUT2D eigenvalue weighted by molar-refractivity contribution is 6.31. The first-order valence-corrected chi connectivity index (χ1v) is 10.2. The smallest absolute Gasteiger partial charge is 0.331 e. The van der Waals surface area contributed by atoms with E-state index in [0.717, 1.165) is 5.56 Å². The molecular weight excluding hydrogens is 428 g/mol. The number of amides is 1. The third-order valence-corrected chi connectivity index (χ3v) is 4.99. The lowest BCUT2D eigenvalue weighted by Crippen LogP contribution is -2.29. The fourth-order valence-electron chi connectivity index (χ4n) is 2.95. The lowest BCUT2D eigenvalue weighted by molar-refractivity contribution is -0.148. The number of carbonyl (C=O) groups is 2. The summed E-state index contributed by atoms with van der Waals surface area (Å²) in [5.41, 5.74) is 3.17. The van der Waals surface area contributed by atoms with Gasteiger partial charge in [0.05, 0.1) is 23.9 Å². The zero-order chi connectivity index (χ0) is 23.1. The molecule has 1 unspecified atom stereocenters. The van der Waals surface area contributed by atoms with Gasteiger partial charge in [0, 0.05) is 17.3 Å². The summed E-state index contributed by atoms with van der Waals surface area (Å²) in [7, 11) is 0. The highest BCUT2D eigenvalue weighted by atomic mass is 35.5. The highest BCUT2D eigenvalue weighted by Gasteiger charge is 2.17. The molecule has 7 nitrogen and oxygen atoms in total. The number of anilines is 1. The summed E-state index contributed by atoms with van der Waals surface area (Å²) in [6, 6.07) is 18.2. The SMILES string of the molecule is Cc1nn(Cc2ccccc2)c(Cl)c1/C=C/C(=O)OC(C)C(=O)Nc1cccc(C#N)c1. The Morgan fingerprint density at radius 2 is 2.00 bits per heavy atom. The lowest BCUT2D eigenvalue weighted by Gasteiger charge is -2.12. The van der Waals surface area contributed by atoms with E-state index < -0.39 is 18.0 Å². The highest BCUT2D eigenvalue weighted by Crippen LogP contribution is 2.22. The van der Waals surface area contributed by atoms with E-state index >= 15 is 0 Å². The average Bonchev–Trinajstić information content (AvgIpc) is 3.05. The molecule has 0 bridgehead atoms. The predicted molar refractivity (Wildman–Crippen MR) is 122 cm³/mol. The summed E-state index contributed by atoms with van der Waals surface area (Å²) in [4.78, 5) is 24.5. The Morgan fingerprint density at radius 3 is 2.72 bits per heavy atom. The van der Waals surface area contributed by atoms with Crippen molar-refractivity contribution in [3.63, 3.8) is 0 Å². The molecule has 0 aliphatic carbocycles. The minimum absolute atomic E-state index is 0.401. The molecule has 1 N–H and O–H groups in total. The summed E-state index contributed by atoms with van der Waals surface area (Å²) >= 11 is 6.44. The maximum absolute atomic E-state index is 12.3. The number of hydrogen-bond donors (Lipinski definition) is 1. The molecule has 0 aliphatic rings. The summed E-state index contributed by atoms with van der Waals surface area (Å²) in [6.45, 7) is 3.76. The topological polar surface area (TPSA) is 97.0 Å². The van der Waals surface area contributed by atoms with Crippen molar-refractivity contribution < 1.29 is 14.3 Å². The third-order valence-electron chi connectivity index (χ3n) is 4.59. The van der Waals surface area contributed by atoms with Gasteiger partial charge in [-0.15, -0.1) is 0 Å². The average molecular weight is 449 g/mol. The van der Waals surface area contributed by atoms with Gasteiger partial charge in [-0.1, -0.05) is 48.0 Å². The molecule has 0 aliphatic heterocycles. The van der Waals surface area contributed by atoms with Crippen molar-refractivity contribution in [3.05, 3.63) is 88.2 Å². The van der Waals surface area contributed by atoms with Crippen molar-refractivity contribution in [2.75, 3.05) is 5.32 Å². The van der Waals surface area contributed by atoms with Crippen molar-refractivity contribution >= 4 is 35.2 Å². The molecule has 0 fully saturated rings. The fourth-order valence-corrected chi connectivity index (χ4v) is 3.24. The maximum atomic E-state index is 12.3. The number of hydrogen-bond acceptors (Lipinski definition) is 5. The van der Waals surface area contributed by atoms with Gasteiger partial charge in [-0.05, 0) is 43.7 Å². The van der Waals surface area contributed by atoms with Crippen LogP contribution in [0.15, 0.2) is 60.7 Å². The molecule has 0 radical (unpaired) electrons. The van der Waals surface area contributed by atoms with Gasteiger partial charge < -0.3 is 10.1 Å². The molecule has 1 aromatic heterocycles. The standard InChI is InChI=1S/C24H21ClN4O3/c1-16-21(23(25)29(28-16)15-18-7-4-3-5-8-18)11-12-22(30)32-17(2)24(31)27-20-10-6-9-19(13-20)14-26/h3-13,17H,15H2,1-2H3,(H,27,31)/b12-11+. The number of nitrogens with zero attached hydrogens (tertiary/aromatic N) is 3. The van der Waals surface area contributed by atoms with Crippen molar-refractivity contribution in [1.29, 1.82) is 5.26 Å². The normalized spacial score (nSPS) is 11.7. The summed E-state index contributed by atoms with van der Waals surface area (Å²) in [6.07, 6.45) is 1.70. The van der Waals surface area contributed by atoms with Crippen LogP contribution in [-0.2, 0) is 20.9 Å². The van der Waals surface area contributed by atoms with Gasteiger partial charge in [-0.2, -0.15) is 10.4 Å². The van der Waals surface area contributed by atoms with E-state index in [1.807, 2.05) is 36.4 Å². The van der Waals surface area contributed by atoms with Gasteiger partial charge in [0.1, 0.15) is 5.15 Å². The maximum Gasteiger partial charge on any atom is 0.331 e. The number of esters is 1. The summed E-state index contributed by atoms with van der Waals surface area (Å²) in [5, 5.41) is 16.4. The van der Waals surface area contributed by atoms with Gasteiger partial charge in [-0.3, -0.25) is 4.79 Å². The van der Waals surface area contributed by atoms with E-state index in [0.29, 0.717) is 34.2 Å². The second kappa shape index (κ2) is 10.4. The second-order valence-corrected chi connectivity index (χ2v) is 7.39. The molecule has 3 rings (SSSR count). The van der Waals surface area contributed by atoms with Crippen LogP contribution in [0.3, 0.4) is 0 Å². The lowest BCUT2D eigenvalue weighted by atomic mass is 10.2. The minimum Gasteiger partial charge on any atom is -0.449 e. The Balaban J connectivity index is 1.61. The van der Waals surface area contributed by atoms with Crippen LogP contribution in [0.4, 0.5) is 5.69 Å². The fraction of sp³-hybridized carbons (Fsp3) is 0.167. The molecule has 0 saturated heterocycles. The van der Waals surface area contributed by atoms with Gasteiger partial charge in [0.15, 0.2) is 6.10 Å². The Hall–Kier alpha value is -3.89. The van der Waals surface area contributed by atoms with Crippen LogP contribution in [-0.4, -0.2) is 27.8 Å². The van der Waals surface area contributed by atoms with E-state index in [2.05, 4.69) is 10.4 Å².